The molecule has 1 heterocycles. The van der Waals surface area contributed by atoms with Crippen LogP contribution in [0.25, 0.3) is 11.1 Å². The van der Waals surface area contributed by atoms with Crippen LogP contribution in [0.2, 0.25) is 0 Å². The molecular formula is C20H16N2O4. The summed E-state index contributed by atoms with van der Waals surface area (Å²) in [6, 6.07) is 16.2. The Labute approximate surface area is 150 Å². The fourth-order valence-corrected chi connectivity index (χ4v) is 2.71. The standard InChI is InChI=1S/C20H16N2O4/c21-13-14-1-3-15(4-2-14)16-5-7-17(8-6-16)26-20(25)11-12-22-18(23)9-10-19(22)24/h1-8H,9-12H2. The van der Waals surface area contributed by atoms with E-state index in [1.807, 2.05) is 24.3 Å². The number of imide groups is 1. The fourth-order valence-electron chi connectivity index (χ4n) is 2.71. The largest absolute Gasteiger partial charge is 0.426 e. The van der Waals surface area contributed by atoms with Crippen molar-refractivity contribution in [1.82, 2.24) is 4.90 Å². The van der Waals surface area contributed by atoms with Gasteiger partial charge in [0, 0.05) is 19.4 Å². The van der Waals surface area contributed by atoms with E-state index < -0.39 is 5.97 Å². The lowest BCUT2D eigenvalue weighted by atomic mass is 10.0. The SMILES string of the molecule is N#Cc1ccc(-c2ccc(OC(=O)CCN3C(=O)CCC3=O)cc2)cc1. The van der Waals surface area contributed by atoms with Crippen LogP contribution < -0.4 is 4.74 Å². The van der Waals surface area contributed by atoms with Crippen molar-refractivity contribution in [3.05, 3.63) is 54.1 Å². The average molecular weight is 348 g/mol. The summed E-state index contributed by atoms with van der Waals surface area (Å²) in [7, 11) is 0. The quantitative estimate of drug-likeness (QED) is 0.471. The van der Waals surface area contributed by atoms with Gasteiger partial charge in [-0.1, -0.05) is 24.3 Å². The molecule has 0 bridgehead atoms. The summed E-state index contributed by atoms with van der Waals surface area (Å²) in [6.07, 6.45) is 0.393. The van der Waals surface area contributed by atoms with Gasteiger partial charge in [-0.25, -0.2) is 0 Å². The molecule has 6 nitrogen and oxygen atoms in total. The third-order valence-electron chi connectivity index (χ3n) is 4.13. The summed E-state index contributed by atoms with van der Waals surface area (Å²) in [5, 5.41) is 8.82. The van der Waals surface area contributed by atoms with Gasteiger partial charge in [-0.2, -0.15) is 5.26 Å². The minimum atomic E-state index is -0.497. The van der Waals surface area contributed by atoms with Crippen molar-refractivity contribution < 1.29 is 19.1 Å². The van der Waals surface area contributed by atoms with E-state index in [4.69, 9.17) is 10.00 Å². The minimum absolute atomic E-state index is 0.0329. The number of rotatable bonds is 5. The van der Waals surface area contributed by atoms with Crippen LogP contribution in [0.4, 0.5) is 0 Å². The number of esters is 1. The Morgan fingerprint density at radius 2 is 1.50 bits per heavy atom. The molecule has 26 heavy (non-hydrogen) atoms. The molecule has 2 amide bonds. The lowest BCUT2D eigenvalue weighted by molar-refractivity contribution is -0.140. The van der Waals surface area contributed by atoms with E-state index >= 15 is 0 Å². The molecule has 0 N–H and O–H groups in total. The molecule has 1 aliphatic heterocycles. The summed E-state index contributed by atoms with van der Waals surface area (Å²) in [6.45, 7) is 0.0554. The Morgan fingerprint density at radius 1 is 0.962 bits per heavy atom. The van der Waals surface area contributed by atoms with Crippen LogP contribution in [0.3, 0.4) is 0 Å². The lowest BCUT2D eigenvalue weighted by Gasteiger charge is -2.13. The second-order valence-corrected chi connectivity index (χ2v) is 5.88. The van der Waals surface area contributed by atoms with Gasteiger partial charge in [-0.3, -0.25) is 19.3 Å². The van der Waals surface area contributed by atoms with Gasteiger partial charge >= 0.3 is 5.97 Å². The maximum Gasteiger partial charge on any atom is 0.312 e. The van der Waals surface area contributed by atoms with Crippen LogP contribution in [0.1, 0.15) is 24.8 Å². The van der Waals surface area contributed by atoms with E-state index in [9.17, 15) is 14.4 Å². The predicted molar refractivity (Wildman–Crippen MR) is 92.8 cm³/mol. The van der Waals surface area contributed by atoms with Crippen molar-refractivity contribution in [2.75, 3.05) is 6.54 Å². The molecule has 2 aromatic rings. The number of amides is 2. The smallest absolute Gasteiger partial charge is 0.312 e. The molecule has 0 saturated carbocycles. The van der Waals surface area contributed by atoms with Crippen LogP contribution >= 0.6 is 0 Å². The van der Waals surface area contributed by atoms with Gasteiger partial charge in [-0.15, -0.1) is 0 Å². The van der Waals surface area contributed by atoms with E-state index in [0.717, 1.165) is 16.0 Å². The van der Waals surface area contributed by atoms with Crippen LogP contribution in [-0.2, 0) is 14.4 Å². The molecule has 0 radical (unpaired) electrons. The zero-order chi connectivity index (χ0) is 18.5. The maximum absolute atomic E-state index is 11.9. The molecule has 130 valence electrons. The molecule has 0 atom stereocenters. The summed E-state index contributed by atoms with van der Waals surface area (Å²) in [5.74, 6) is -0.584. The number of ether oxygens (including phenoxy) is 1. The van der Waals surface area contributed by atoms with Crippen LogP contribution in [-0.4, -0.2) is 29.2 Å². The second kappa shape index (κ2) is 7.62. The molecule has 0 aromatic heterocycles. The zero-order valence-electron chi connectivity index (χ0n) is 14.0. The average Bonchev–Trinajstić information content (AvgIpc) is 2.98. The van der Waals surface area contributed by atoms with Gasteiger partial charge in [0.2, 0.25) is 11.8 Å². The highest BCUT2D eigenvalue weighted by Gasteiger charge is 2.29. The van der Waals surface area contributed by atoms with Crippen molar-refractivity contribution in [2.24, 2.45) is 0 Å². The van der Waals surface area contributed by atoms with Crippen molar-refractivity contribution in [3.63, 3.8) is 0 Å². The van der Waals surface area contributed by atoms with E-state index in [2.05, 4.69) is 6.07 Å². The zero-order valence-corrected chi connectivity index (χ0v) is 14.0. The summed E-state index contributed by atoms with van der Waals surface area (Å²) >= 11 is 0. The number of likely N-dealkylation sites (tertiary alicyclic amines) is 1. The van der Waals surface area contributed by atoms with Crippen molar-refractivity contribution in [3.8, 4) is 22.9 Å². The Bertz CT molecular complexity index is 864. The molecule has 1 saturated heterocycles. The normalized spacial score (nSPS) is 13.6. The number of nitriles is 1. The monoisotopic (exact) mass is 348 g/mol. The molecule has 0 unspecified atom stereocenters. The molecule has 3 rings (SSSR count). The van der Waals surface area contributed by atoms with Crippen molar-refractivity contribution >= 4 is 17.8 Å². The Morgan fingerprint density at radius 3 is 2.04 bits per heavy atom. The first-order chi connectivity index (χ1) is 12.6. The number of hydrogen-bond donors (Lipinski definition) is 0. The number of nitrogens with zero attached hydrogens (tertiary/aromatic N) is 2. The summed E-state index contributed by atoms with van der Waals surface area (Å²) < 4.78 is 5.24. The number of benzene rings is 2. The topological polar surface area (TPSA) is 87.5 Å². The van der Waals surface area contributed by atoms with Gasteiger partial charge in [0.15, 0.2) is 0 Å². The summed E-state index contributed by atoms with van der Waals surface area (Å²) in [5.41, 5.74) is 2.48. The Hall–Kier alpha value is -3.46. The third kappa shape index (κ3) is 3.95. The third-order valence-corrected chi connectivity index (χ3v) is 4.13. The highest BCUT2D eigenvalue weighted by molar-refractivity contribution is 6.02. The van der Waals surface area contributed by atoms with E-state index in [1.165, 1.54) is 0 Å². The predicted octanol–water partition coefficient (Wildman–Crippen LogP) is 2.67. The minimum Gasteiger partial charge on any atom is -0.426 e. The molecule has 1 aliphatic rings. The highest BCUT2D eigenvalue weighted by Crippen LogP contribution is 2.23. The van der Waals surface area contributed by atoms with Crippen LogP contribution in [0.5, 0.6) is 5.75 Å². The van der Waals surface area contributed by atoms with Gasteiger partial charge in [-0.05, 0) is 35.4 Å². The Kier molecular flexibility index (Phi) is 5.09. The van der Waals surface area contributed by atoms with Gasteiger partial charge < -0.3 is 4.74 Å². The first-order valence-corrected chi connectivity index (χ1v) is 8.21. The molecule has 6 heteroatoms. The first kappa shape index (κ1) is 17.4. The first-order valence-electron chi connectivity index (χ1n) is 8.21. The van der Waals surface area contributed by atoms with Crippen molar-refractivity contribution in [1.29, 1.82) is 5.26 Å². The molecular weight excluding hydrogens is 332 g/mol. The number of carbonyl (C=O) groups excluding carboxylic acids is 3. The second-order valence-electron chi connectivity index (χ2n) is 5.88. The highest BCUT2D eigenvalue weighted by atomic mass is 16.5. The summed E-state index contributed by atoms with van der Waals surface area (Å²) in [4.78, 5) is 36.0. The number of carbonyl (C=O) groups is 3. The van der Waals surface area contributed by atoms with E-state index in [1.54, 1.807) is 24.3 Å². The van der Waals surface area contributed by atoms with E-state index in [-0.39, 0.29) is 37.6 Å². The van der Waals surface area contributed by atoms with Gasteiger partial charge in [0.05, 0.1) is 18.1 Å². The molecule has 0 spiro atoms. The van der Waals surface area contributed by atoms with Gasteiger partial charge in [0.1, 0.15) is 5.75 Å². The fraction of sp³-hybridized carbons (Fsp3) is 0.200. The molecule has 0 aliphatic carbocycles. The Balaban J connectivity index is 1.56. The molecule has 1 fully saturated rings. The van der Waals surface area contributed by atoms with Crippen LogP contribution in [0, 0.1) is 11.3 Å². The van der Waals surface area contributed by atoms with Crippen LogP contribution in [0.15, 0.2) is 48.5 Å². The van der Waals surface area contributed by atoms with E-state index in [0.29, 0.717) is 11.3 Å². The van der Waals surface area contributed by atoms with Crippen molar-refractivity contribution in [2.45, 2.75) is 19.3 Å². The van der Waals surface area contributed by atoms with Gasteiger partial charge in [0.25, 0.3) is 0 Å². The maximum atomic E-state index is 11.9. The molecule has 2 aromatic carbocycles. The lowest BCUT2D eigenvalue weighted by Crippen LogP contribution is -2.31. The number of hydrogen-bond acceptors (Lipinski definition) is 5.